The Morgan fingerprint density at radius 3 is 2.35 bits per heavy atom. The van der Waals surface area contributed by atoms with Gasteiger partial charge >= 0.3 is 0 Å². The van der Waals surface area contributed by atoms with Crippen LogP contribution in [0.4, 0.5) is 11.4 Å². The van der Waals surface area contributed by atoms with E-state index in [4.69, 9.17) is 29.0 Å². The van der Waals surface area contributed by atoms with Gasteiger partial charge in [-0.25, -0.2) is 0 Å². The summed E-state index contributed by atoms with van der Waals surface area (Å²) in [5, 5.41) is 3.64. The van der Waals surface area contributed by atoms with Crippen molar-refractivity contribution >= 4 is 40.5 Å². The number of nitrogens with two attached hydrogens (primary N) is 1. The third-order valence-corrected chi connectivity index (χ3v) is 3.13. The zero-order chi connectivity index (χ0) is 14.7. The second kappa shape index (κ2) is 6.13. The molecule has 4 N–H and O–H groups in total. The number of aryl methyl sites for hydroxylation is 1. The number of hydrogen-bond acceptors (Lipinski definition) is 3. The average molecular weight is 310 g/mol. The summed E-state index contributed by atoms with van der Waals surface area (Å²) in [6.07, 6.45) is 0. The van der Waals surface area contributed by atoms with Gasteiger partial charge in [0.05, 0.1) is 11.3 Å². The maximum atomic E-state index is 12.2. The SMILES string of the molecule is Cc1ccc(C(=O)Nc2cc(Cl)cc(Cl)c2)c(NN)c1. The highest BCUT2D eigenvalue weighted by Gasteiger charge is 2.12. The van der Waals surface area contributed by atoms with Crippen molar-refractivity contribution < 1.29 is 4.79 Å². The second-order valence-corrected chi connectivity index (χ2v) is 5.18. The highest BCUT2D eigenvalue weighted by Crippen LogP contribution is 2.24. The summed E-state index contributed by atoms with van der Waals surface area (Å²) in [7, 11) is 0. The lowest BCUT2D eigenvalue weighted by Gasteiger charge is -2.11. The number of amides is 1. The largest absolute Gasteiger partial charge is 0.323 e. The maximum Gasteiger partial charge on any atom is 0.257 e. The third kappa shape index (κ3) is 3.42. The van der Waals surface area contributed by atoms with Crippen molar-refractivity contribution in [3.05, 3.63) is 57.6 Å². The Labute approximate surface area is 126 Å². The van der Waals surface area contributed by atoms with Crippen molar-refractivity contribution in [3.63, 3.8) is 0 Å². The van der Waals surface area contributed by atoms with Crippen molar-refractivity contribution in [1.29, 1.82) is 0 Å². The van der Waals surface area contributed by atoms with E-state index in [-0.39, 0.29) is 5.91 Å². The molecule has 20 heavy (non-hydrogen) atoms. The molecule has 0 unspecified atom stereocenters. The number of nitrogen functional groups attached to an aromatic ring is 1. The van der Waals surface area contributed by atoms with Crippen LogP contribution in [0.2, 0.25) is 10.0 Å². The van der Waals surface area contributed by atoms with Gasteiger partial charge in [-0.15, -0.1) is 0 Å². The number of anilines is 2. The summed E-state index contributed by atoms with van der Waals surface area (Å²) in [5.41, 5.74) is 5.03. The number of hydrazine groups is 1. The number of rotatable bonds is 3. The lowest BCUT2D eigenvalue weighted by Crippen LogP contribution is -2.17. The molecule has 0 saturated heterocycles. The molecule has 2 rings (SSSR count). The molecule has 0 fully saturated rings. The predicted molar refractivity (Wildman–Crippen MR) is 83.4 cm³/mol. The topological polar surface area (TPSA) is 67.2 Å². The molecule has 104 valence electrons. The number of halogens is 2. The van der Waals surface area contributed by atoms with Gasteiger partial charge in [0.2, 0.25) is 0 Å². The molecule has 1 amide bonds. The number of nitrogens with one attached hydrogen (secondary N) is 2. The van der Waals surface area contributed by atoms with E-state index in [2.05, 4.69) is 10.7 Å². The Bertz CT molecular complexity index is 639. The first-order valence-corrected chi connectivity index (χ1v) is 6.60. The molecule has 4 nitrogen and oxygen atoms in total. The van der Waals surface area contributed by atoms with Gasteiger partial charge in [0, 0.05) is 15.7 Å². The summed E-state index contributed by atoms with van der Waals surface area (Å²) in [6, 6.07) is 10.2. The molecule has 0 aliphatic carbocycles. The van der Waals surface area contributed by atoms with Crippen LogP contribution >= 0.6 is 23.2 Å². The third-order valence-electron chi connectivity index (χ3n) is 2.70. The van der Waals surface area contributed by atoms with E-state index in [1.165, 1.54) is 0 Å². The zero-order valence-electron chi connectivity index (χ0n) is 10.7. The van der Waals surface area contributed by atoms with Gasteiger partial charge < -0.3 is 10.7 Å². The van der Waals surface area contributed by atoms with Crippen LogP contribution in [0.15, 0.2) is 36.4 Å². The molecular weight excluding hydrogens is 297 g/mol. The summed E-state index contributed by atoms with van der Waals surface area (Å²) in [5.74, 6) is 5.13. The summed E-state index contributed by atoms with van der Waals surface area (Å²) < 4.78 is 0. The standard InChI is InChI=1S/C14H13Cl2N3O/c1-8-2-3-12(13(4-8)19-17)14(20)18-11-6-9(15)5-10(16)7-11/h2-7,19H,17H2,1H3,(H,18,20). The van der Waals surface area contributed by atoms with Crippen molar-refractivity contribution in [3.8, 4) is 0 Å². The average Bonchev–Trinajstić information content (AvgIpc) is 2.37. The van der Waals surface area contributed by atoms with Crippen LogP contribution < -0.4 is 16.6 Å². The van der Waals surface area contributed by atoms with Gasteiger partial charge in [0.1, 0.15) is 0 Å². The first kappa shape index (κ1) is 14.7. The fourth-order valence-electron chi connectivity index (χ4n) is 1.80. The first-order chi connectivity index (χ1) is 9.49. The molecule has 0 spiro atoms. The van der Waals surface area contributed by atoms with Crippen molar-refractivity contribution in [2.75, 3.05) is 10.7 Å². The number of carbonyl (C=O) groups excluding carboxylic acids is 1. The molecule has 2 aromatic carbocycles. The molecule has 0 aromatic heterocycles. The van der Waals surface area contributed by atoms with Gasteiger partial charge in [-0.05, 0) is 42.8 Å². The molecule has 0 bridgehead atoms. The highest BCUT2D eigenvalue weighted by molar-refractivity contribution is 6.35. The fraction of sp³-hybridized carbons (Fsp3) is 0.0714. The Kier molecular flexibility index (Phi) is 4.49. The van der Waals surface area contributed by atoms with Gasteiger partial charge in [-0.3, -0.25) is 10.6 Å². The zero-order valence-corrected chi connectivity index (χ0v) is 12.2. The van der Waals surface area contributed by atoms with Crippen molar-refractivity contribution in [2.45, 2.75) is 6.92 Å². The summed E-state index contributed by atoms with van der Waals surface area (Å²) in [6.45, 7) is 1.92. The number of carbonyl (C=O) groups is 1. The molecule has 0 radical (unpaired) electrons. The molecule has 0 saturated carbocycles. The van der Waals surface area contributed by atoms with Gasteiger partial charge in [0.25, 0.3) is 5.91 Å². The first-order valence-electron chi connectivity index (χ1n) is 5.84. The lowest BCUT2D eigenvalue weighted by molar-refractivity contribution is 0.102. The normalized spacial score (nSPS) is 10.2. The predicted octanol–water partition coefficient (Wildman–Crippen LogP) is 3.84. The van der Waals surface area contributed by atoms with E-state index in [1.807, 2.05) is 13.0 Å². The van der Waals surface area contributed by atoms with Crippen LogP contribution in [0.1, 0.15) is 15.9 Å². The highest BCUT2D eigenvalue weighted by atomic mass is 35.5. The maximum absolute atomic E-state index is 12.2. The Hall–Kier alpha value is -1.75. The minimum absolute atomic E-state index is 0.295. The molecule has 0 atom stereocenters. The minimum atomic E-state index is -0.295. The van der Waals surface area contributed by atoms with Gasteiger partial charge in [-0.1, -0.05) is 29.3 Å². The molecular formula is C14H13Cl2N3O. The molecule has 0 aliphatic rings. The van der Waals surface area contributed by atoms with Crippen LogP contribution in [0.5, 0.6) is 0 Å². The van der Waals surface area contributed by atoms with E-state index in [0.29, 0.717) is 27.0 Å². The van der Waals surface area contributed by atoms with Crippen LogP contribution in [0.3, 0.4) is 0 Å². The second-order valence-electron chi connectivity index (χ2n) is 4.31. The van der Waals surface area contributed by atoms with Crippen LogP contribution in [-0.4, -0.2) is 5.91 Å². The van der Waals surface area contributed by atoms with E-state index < -0.39 is 0 Å². The van der Waals surface area contributed by atoms with E-state index >= 15 is 0 Å². The number of hydrogen-bond donors (Lipinski definition) is 3. The van der Waals surface area contributed by atoms with E-state index in [0.717, 1.165) is 5.56 Å². The smallest absolute Gasteiger partial charge is 0.257 e. The quantitative estimate of drug-likeness (QED) is 0.596. The van der Waals surface area contributed by atoms with Crippen molar-refractivity contribution in [2.24, 2.45) is 5.84 Å². The lowest BCUT2D eigenvalue weighted by atomic mass is 10.1. The van der Waals surface area contributed by atoms with Crippen LogP contribution in [-0.2, 0) is 0 Å². The van der Waals surface area contributed by atoms with Gasteiger partial charge in [-0.2, -0.15) is 0 Å². The minimum Gasteiger partial charge on any atom is -0.323 e. The monoisotopic (exact) mass is 309 g/mol. The van der Waals surface area contributed by atoms with Crippen LogP contribution in [0, 0.1) is 6.92 Å². The summed E-state index contributed by atoms with van der Waals surface area (Å²) >= 11 is 11.8. The molecule has 2 aromatic rings. The Morgan fingerprint density at radius 1 is 1.10 bits per heavy atom. The number of benzene rings is 2. The molecule has 6 heteroatoms. The Morgan fingerprint density at radius 2 is 1.75 bits per heavy atom. The van der Waals surface area contributed by atoms with E-state index in [9.17, 15) is 4.79 Å². The Balaban J connectivity index is 2.28. The van der Waals surface area contributed by atoms with Crippen LogP contribution in [0.25, 0.3) is 0 Å². The molecule has 0 aliphatic heterocycles. The summed E-state index contributed by atoms with van der Waals surface area (Å²) in [4.78, 5) is 12.2. The van der Waals surface area contributed by atoms with Gasteiger partial charge in [0.15, 0.2) is 0 Å². The fourth-order valence-corrected chi connectivity index (χ4v) is 2.33. The molecule has 0 heterocycles. The van der Waals surface area contributed by atoms with E-state index in [1.54, 1.807) is 30.3 Å². The van der Waals surface area contributed by atoms with Crippen molar-refractivity contribution in [1.82, 2.24) is 0 Å².